The average molecular weight is 316 g/mol. The lowest BCUT2D eigenvalue weighted by Crippen LogP contribution is -2.52. The predicted molar refractivity (Wildman–Crippen MR) is 92.3 cm³/mol. The molecule has 2 heterocycles. The van der Waals surface area contributed by atoms with Gasteiger partial charge in [0.1, 0.15) is 0 Å². The van der Waals surface area contributed by atoms with Crippen LogP contribution >= 0.6 is 0 Å². The van der Waals surface area contributed by atoms with Crippen LogP contribution in [0.1, 0.15) is 18.5 Å². The first-order valence-electron chi connectivity index (χ1n) is 8.71. The highest BCUT2D eigenvalue weighted by atomic mass is 16.2. The minimum absolute atomic E-state index is 0.197. The van der Waals surface area contributed by atoms with Gasteiger partial charge < -0.3 is 10.2 Å². The number of nitrogens with one attached hydrogen (secondary N) is 1. The Morgan fingerprint density at radius 3 is 2.30 bits per heavy atom. The van der Waals surface area contributed by atoms with Crippen molar-refractivity contribution < 1.29 is 4.79 Å². The minimum Gasteiger partial charge on any atom is -0.340 e. The van der Waals surface area contributed by atoms with Crippen molar-refractivity contribution in [1.29, 1.82) is 0 Å². The molecule has 3 rings (SSSR count). The van der Waals surface area contributed by atoms with Gasteiger partial charge in [-0.3, -0.25) is 14.6 Å². The molecule has 5 heteroatoms. The highest BCUT2D eigenvalue weighted by Crippen LogP contribution is 2.23. The number of carbonyl (C=O) groups excluding carboxylic acids is 1. The van der Waals surface area contributed by atoms with Gasteiger partial charge in [-0.2, -0.15) is 0 Å². The molecule has 2 aliphatic rings. The molecule has 126 valence electrons. The first-order valence-corrected chi connectivity index (χ1v) is 8.71. The molecule has 0 spiro atoms. The molecular formula is C18H28N4O. The normalized spacial score (nSPS) is 22.0. The Labute approximate surface area is 139 Å². The van der Waals surface area contributed by atoms with Crippen LogP contribution in [-0.4, -0.2) is 79.5 Å². The average Bonchev–Trinajstić information content (AvgIpc) is 2.61. The van der Waals surface area contributed by atoms with Gasteiger partial charge in [-0.05, 0) is 5.56 Å². The summed E-state index contributed by atoms with van der Waals surface area (Å²) in [7, 11) is 0. The van der Waals surface area contributed by atoms with Crippen molar-refractivity contribution in [3.05, 3.63) is 35.9 Å². The molecule has 1 unspecified atom stereocenters. The Kier molecular flexibility index (Phi) is 5.65. The zero-order valence-electron chi connectivity index (χ0n) is 14.1. The molecule has 0 aliphatic carbocycles. The Hall–Kier alpha value is -1.43. The molecule has 2 fully saturated rings. The Bertz CT molecular complexity index is 493. The van der Waals surface area contributed by atoms with Gasteiger partial charge in [-0.1, -0.05) is 30.3 Å². The van der Waals surface area contributed by atoms with Crippen molar-refractivity contribution in [2.45, 2.75) is 13.0 Å². The van der Waals surface area contributed by atoms with E-state index in [2.05, 4.69) is 45.4 Å². The molecule has 0 aromatic heterocycles. The first-order chi connectivity index (χ1) is 11.2. The molecule has 1 atom stereocenters. The first kappa shape index (κ1) is 16.4. The number of piperazine rings is 2. The second kappa shape index (κ2) is 7.90. The van der Waals surface area contributed by atoms with Gasteiger partial charge in [0.15, 0.2) is 0 Å². The van der Waals surface area contributed by atoms with E-state index in [1.807, 2.05) is 4.90 Å². The van der Waals surface area contributed by atoms with E-state index in [9.17, 15) is 4.79 Å². The van der Waals surface area contributed by atoms with Gasteiger partial charge in [0.2, 0.25) is 5.91 Å². The summed E-state index contributed by atoms with van der Waals surface area (Å²) >= 11 is 0. The van der Waals surface area contributed by atoms with Crippen LogP contribution in [0.4, 0.5) is 0 Å². The Morgan fingerprint density at radius 1 is 1.04 bits per heavy atom. The third-order valence-corrected chi connectivity index (χ3v) is 5.03. The highest BCUT2D eigenvalue weighted by molar-refractivity contribution is 5.73. The van der Waals surface area contributed by atoms with Crippen LogP contribution in [0.5, 0.6) is 0 Å². The predicted octanol–water partition coefficient (Wildman–Crippen LogP) is 0.797. The fourth-order valence-electron chi connectivity index (χ4n) is 3.59. The lowest BCUT2D eigenvalue weighted by molar-refractivity contribution is -0.131. The number of hydrogen-bond acceptors (Lipinski definition) is 4. The molecule has 1 N–H and O–H groups in total. The zero-order chi connectivity index (χ0) is 16.1. The van der Waals surface area contributed by atoms with Crippen molar-refractivity contribution in [2.75, 3.05) is 58.9 Å². The maximum atomic E-state index is 11.6. The van der Waals surface area contributed by atoms with Crippen LogP contribution in [0.3, 0.4) is 0 Å². The molecule has 0 radical (unpaired) electrons. The second-order valence-corrected chi connectivity index (χ2v) is 6.52. The van der Waals surface area contributed by atoms with E-state index in [4.69, 9.17) is 0 Å². The summed E-state index contributed by atoms with van der Waals surface area (Å²) in [5.74, 6) is 0.197. The van der Waals surface area contributed by atoms with Crippen molar-refractivity contribution in [1.82, 2.24) is 20.0 Å². The third-order valence-electron chi connectivity index (χ3n) is 5.03. The van der Waals surface area contributed by atoms with E-state index in [0.717, 1.165) is 58.9 Å². The molecule has 1 aromatic rings. The largest absolute Gasteiger partial charge is 0.340 e. The number of benzene rings is 1. The third kappa shape index (κ3) is 4.31. The monoisotopic (exact) mass is 316 g/mol. The number of rotatable bonds is 4. The molecule has 2 aliphatic heterocycles. The Morgan fingerprint density at radius 2 is 1.70 bits per heavy atom. The van der Waals surface area contributed by atoms with E-state index in [0.29, 0.717) is 6.04 Å². The van der Waals surface area contributed by atoms with Crippen LogP contribution in [0.25, 0.3) is 0 Å². The lowest BCUT2D eigenvalue weighted by Gasteiger charge is -2.41. The minimum atomic E-state index is 0.197. The van der Waals surface area contributed by atoms with Gasteiger partial charge in [-0.15, -0.1) is 0 Å². The second-order valence-electron chi connectivity index (χ2n) is 6.52. The van der Waals surface area contributed by atoms with Gasteiger partial charge in [-0.25, -0.2) is 0 Å². The summed E-state index contributed by atoms with van der Waals surface area (Å²) in [5.41, 5.74) is 1.39. The number of hydrogen-bond donors (Lipinski definition) is 1. The number of amides is 1. The van der Waals surface area contributed by atoms with Crippen LogP contribution in [0.2, 0.25) is 0 Å². The lowest BCUT2D eigenvalue weighted by atomic mass is 10.0. The molecule has 1 aromatic carbocycles. The molecule has 0 saturated carbocycles. The maximum Gasteiger partial charge on any atom is 0.219 e. The molecule has 23 heavy (non-hydrogen) atoms. The molecule has 0 bridgehead atoms. The van der Waals surface area contributed by atoms with Gasteiger partial charge >= 0.3 is 0 Å². The van der Waals surface area contributed by atoms with Crippen molar-refractivity contribution >= 4 is 5.91 Å². The molecule has 5 nitrogen and oxygen atoms in total. The van der Waals surface area contributed by atoms with E-state index < -0.39 is 0 Å². The summed E-state index contributed by atoms with van der Waals surface area (Å²) in [5, 5.41) is 3.43. The van der Waals surface area contributed by atoms with E-state index in [-0.39, 0.29) is 5.91 Å². The van der Waals surface area contributed by atoms with E-state index in [1.54, 1.807) is 6.92 Å². The standard InChI is InChI=1S/C18H28N4O/c1-16(23)21-11-13-22(14-12-21)18(17-5-3-2-4-6-17)15-20-9-7-19-8-10-20/h2-6,18-19H,7-15H2,1H3. The van der Waals surface area contributed by atoms with Gasteiger partial charge in [0, 0.05) is 71.9 Å². The van der Waals surface area contributed by atoms with Crippen LogP contribution in [-0.2, 0) is 4.79 Å². The number of carbonyl (C=O) groups is 1. The van der Waals surface area contributed by atoms with Gasteiger partial charge in [0.05, 0.1) is 0 Å². The number of nitrogens with zero attached hydrogens (tertiary/aromatic N) is 3. The van der Waals surface area contributed by atoms with E-state index in [1.165, 1.54) is 5.56 Å². The fourth-order valence-corrected chi connectivity index (χ4v) is 3.59. The quantitative estimate of drug-likeness (QED) is 0.892. The molecule has 2 saturated heterocycles. The van der Waals surface area contributed by atoms with Crippen molar-refractivity contribution in [3.8, 4) is 0 Å². The summed E-state index contributed by atoms with van der Waals surface area (Å²) in [6, 6.07) is 11.2. The molecule has 1 amide bonds. The van der Waals surface area contributed by atoms with Gasteiger partial charge in [0.25, 0.3) is 0 Å². The van der Waals surface area contributed by atoms with Crippen LogP contribution < -0.4 is 5.32 Å². The van der Waals surface area contributed by atoms with Crippen molar-refractivity contribution in [3.63, 3.8) is 0 Å². The summed E-state index contributed by atoms with van der Waals surface area (Å²) in [4.78, 5) is 18.6. The molecular weight excluding hydrogens is 288 g/mol. The zero-order valence-corrected chi connectivity index (χ0v) is 14.1. The SMILES string of the molecule is CC(=O)N1CCN(C(CN2CCNCC2)c2ccccc2)CC1. The Balaban J connectivity index is 1.69. The highest BCUT2D eigenvalue weighted by Gasteiger charge is 2.27. The fraction of sp³-hybridized carbons (Fsp3) is 0.611. The summed E-state index contributed by atoms with van der Waals surface area (Å²) in [6.45, 7) is 10.8. The van der Waals surface area contributed by atoms with E-state index >= 15 is 0 Å². The van der Waals surface area contributed by atoms with Crippen molar-refractivity contribution in [2.24, 2.45) is 0 Å². The van der Waals surface area contributed by atoms with Crippen LogP contribution in [0, 0.1) is 0 Å². The summed E-state index contributed by atoms with van der Waals surface area (Å²) < 4.78 is 0. The maximum absolute atomic E-state index is 11.6. The topological polar surface area (TPSA) is 38.8 Å². The summed E-state index contributed by atoms with van der Waals surface area (Å²) in [6.07, 6.45) is 0. The van der Waals surface area contributed by atoms with Crippen LogP contribution in [0.15, 0.2) is 30.3 Å². The smallest absolute Gasteiger partial charge is 0.219 e.